The van der Waals surface area contributed by atoms with Gasteiger partial charge in [-0.05, 0) is 17.7 Å². The fourth-order valence-corrected chi connectivity index (χ4v) is 2.26. The van der Waals surface area contributed by atoms with E-state index < -0.39 is 6.10 Å². The van der Waals surface area contributed by atoms with E-state index in [9.17, 15) is 5.11 Å². The molecule has 2 rings (SSSR count). The number of methoxy groups -OCH3 is 1. The first-order valence-corrected chi connectivity index (χ1v) is 6.40. The lowest BCUT2D eigenvalue weighted by atomic mass is 10.1. The summed E-state index contributed by atoms with van der Waals surface area (Å²) in [7, 11) is 3.37. The van der Waals surface area contributed by atoms with Gasteiger partial charge in [0.2, 0.25) is 5.88 Å². The van der Waals surface area contributed by atoms with Crippen LogP contribution in [0.4, 0.5) is 0 Å². The second kappa shape index (κ2) is 5.54. The molecule has 1 aromatic heterocycles. The van der Waals surface area contributed by atoms with Crippen LogP contribution in [0.15, 0.2) is 34.8 Å². The molecule has 1 atom stereocenters. The second-order valence-corrected chi connectivity index (χ2v) is 5.00. The molecule has 1 aromatic carbocycles. The molecule has 0 bridgehead atoms. The van der Waals surface area contributed by atoms with Gasteiger partial charge in [-0.25, -0.2) is 4.68 Å². The number of nitrogens with zero attached hydrogens (tertiary/aromatic N) is 2. The second-order valence-electron chi connectivity index (χ2n) is 4.09. The van der Waals surface area contributed by atoms with E-state index in [1.54, 1.807) is 24.9 Å². The van der Waals surface area contributed by atoms with Crippen LogP contribution in [-0.2, 0) is 13.5 Å². The molecule has 5 heteroatoms. The molecule has 0 saturated carbocycles. The van der Waals surface area contributed by atoms with E-state index in [0.29, 0.717) is 18.0 Å². The number of aliphatic hydroxyl groups is 1. The highest BCUT2D eigenvalue weighted by Gasteiger charge is 2.14. The van der Waals surface area contributed by atoms with E-state index >= 15 is 0 Å². The number of rotatable bonds is 4. The SMILES string of the molecule is COc1cc(C(O)Cc2cccc(Br)c2)nn1C. The van der Waals surface area contributed by atoms with E-state index in [0.717, 1.165) is 10.0 Å². The first-order chi connectivity index (χ1) is 8.60. The largest absolute Gasteiger partial charge is 0.481 e. The van der Waals surface area contributed by atoms with Gasteiger partial charge in [0.05, 0.1) is 12.8 Å². The Morgan fingerprint density at radius 1 is 1.44 bits per heavy atom. The zero-order chi connectivity index (χ0) is 13.1. The third kappa shape index (κ3) is 2.91. The van der Waals surface area contributed by atoms with Crippen molar-refractivity contribution in [1.29, 1.82) is 0 Å². The summed E-state index contributed by atoms with van der Waals surface area (Å²) >= 11 is 3.41. The highest BCUT2D eigenvalue weighted by Crippen LogP contribution is 2.22. The molecule has 0 radical (unpaired) electrons. The van der Waals surface area contributed by atoms with Gasteiger partial charge >= 0.3 is 0 Å². The van der Waals surface area contributed by atoms with E-state index in [-0.39, 0.29) is 0 Å². The van der Waals surface area contributed by atoms with Crippen LogP contribution in [0.25, 0.3) is 0 Å². The van der Waals surface area contributed by atoms with Crippen molar-refractivity contribution in [3.63, 3.8) is 0 Å². The summed E-state index contributed by atoms with van der Waals surface area (Å²) in [5, 5.41) is 14.4. The Morgan fingerprint density at radius 2 is 2.22 bits per heavy atom. The molecule has 1 heterocycles. The summed E-state index contributed by atoms with van der Waals surface area (Å²) in [6, 6.07) is 9.63. The van der Waals surface area contributed by atoms with E-state index in [4.69, 9.17) is 4.74 Å². The predicted molar refractivity (Wildman–Crippen MR) is 72.6 cm³/mol. The molecule has 0 aliphatic rings. The van der Waals surface area contributed by atoms with Crippen LogP contribution < -0.4 is 4.74 Å². The lowest BCUT2D eigenvalue weighted by Gasteiger charge is -2.07. The molecule has 2 aromatic rings. The van der Waals surface area contributed by atoms with Crippen LogP contribution in [0.1, 0.15) is 17.4 Å². The van der Waals surface area contributed by atoms with Crippen LogP contribution in [0.2, 0.25) is 0 Å². The van der Waals surface area contributed by atoms with Gasteiger partial charge < -0.3 is 9.84 Å². The van der Waals surface area contributed by atoms with Gasteiger partial charge in [0, 0.05) is 24.0 Å². The molecule has 0 aliphatic carbocycles. The summed E-state index contributed by atoms with van der Waals surface area (Å²) < 4.78 is 7.74. The van der Waals surface area contributed by atoms with Crippen molar-refractivity contribution in [1.82, 2.24) is 9.78 Å². The zero-order valence-corrected chi connectivity index (χ0v) is 11.9. The third-order valence-electron chi connectivity index (χ3n) is 2.72. The molecule has 18 heavy (non-hydrogen) atoms. The Balaban J connectivity index is 2.13. The number of halogens is 1. The Bertz CT molecular complexity index is 540. The van der Waals surface area contributed by atoms with Crippen molar-refractivity contribution in [3.8, 4) is 5.88 Å². The molecule has 1 unspecified atom stereocenters. The lowest BCUT2D eigenvalue weighted by molar-refractivity contribution is 0.172. The predicted octanol–water partition coefficient (Wildman–Crippen LogP) is 2.47. The van der Waals surface area contributed by atoms with Crippen molar-refractivity contribution in [2.75, 3.05) is 7.11 Å². The monoisotopic (exact) mass is 310 g/mol. The highest BCUT2D eigenvalue weighted by atomic mass is 79.9. The Hall–Kier alpha value is -1.33. The number of ether oxygens (including phenoxy) is 1. The lowest BCUT2D eigenvalue weighted by Crippen LogP contribution is -2.03. The summed E-state index contributed by atoms with van der Waals surface area (Å²) in [6.07, 6.45) is -0.103. The highest BCUT2D eigenvalue weighted by molar-refractivity contribution is 9.10. The van der Waals surface area contributed by atoms with Gasteiger partial charge in [-0.3, -0.25) is 0 Å². The fourth-order valence-electron chi connectivity index (χ4n) is 1.82. The maximum Gasteiger partial charge on any atom is 0.211 e. The van der Waals surface area contributed by atoms with Crippen LogP contribution in [0.5, 0.6) is 5.88 Å². The first kappa shape index (κ1) is 13.1. The summed E-state index contributed by atoms with van der Waals surface area (Å²) in [6.45, 7) is 0. The van der Waals surface area contributed by atoms with Gasteiger partial charge in [-0.15, -0.1) is 0 Å². The van der Waals surface area contributed by atoms with Gasteiger partial charge in [0.1, 0.15) is 6.10 Å². The average molecular weight is 311 g/mol. The van der Waals surface area contributed by atoms with Crippen LogP contribution >= 0.6 is 15.9 Å². The fraction of sp³-hybridized carbons (Fsp3) is 0.308. The summed E-state index contributed by atoms with van der Waals surface area (Å²) in [5.41, 5.74) is 1.68. The number of hydrogen-bond donors (Lipinski definition) is 1. The Labute approximate surface area is 114 Å². The van der Waals surface area contributed by atoms with Crippen molar-refractivity contribution in [2.45, 2.75) is 12.5 Å². The maximum atomic E-state index is 10.2. The van der Waals surface area contributed by atoms with E-state index in [1.807, 2.05) is 24.3 Å². The summed E-state index contributed by atoms with van der Waals surface area (Å²) in [5.74, 6) is 0.637. The number of hydrogen-bond acceptors (Lipinski definition) is 3. The van der Waals surface area contributed by atoms with E-state index in [1.165, 1.54) is 0 Å². The standard InChI is InChI=1S/C13H15BrN2O2/c1-16-13(18-2)8-11(15-16)12(17)7-9-4-3-5-10(14)6-9/h3-6,8,12,17H,7H2,1-2H3. The van der Waals surface area contributed by atoms with Crippen LogP contribution in [0, 0.1) is 0 Å². The summed E-state index contributed by atoms with van der Waals surface area (Å²) in [4.78, 5) is 0. The average Bonchev–Trinajstić information content (AvgIpc) is 2.70. The molecule has 4 nitrogen and oxygen atoms in total. The number of aryl methyl sites for hydroxylation is 1. The van der Waals surface area contributed by atoms with Gasteiger partial charge in [0.15, 0.2) is 0 Å². The van der Waals surface area contributed by atoms with E-state index in [2.05, 4.69) is 21.0 Å². The molecular weight excluding hydrogens is 296 g/mol. The molecule has 1 N–H and O–H groups in total. The first-order valence-electron chi connectivity index (χ1n) is 5.60. The van der Waals surface area contributed by atoms with Crippen molar-refractivity contribution >= 4 is 15.9 Å². The van der Waals surface area contributed by atoms with Crippen LogP contribution in [0.3, 0.4) is 0 Å². The van der Waals surface area contributed by atoms with Crippen molar-refractivity contribution in [3.05, 3.63) is 46.1 Å². The van der Waals surface area contributed by atoms with Gasteiger partial charge in [-0.2, -0.15) is 5.10 Å². The van der Waals surface area contributed by atoms with Crippen molar-refractivity contribution < 1.29 is 9.84 Å². The number of benzene rings is 1. The topological polar surface area (TPSA) is 47.3 Å². The van der Waals surface area contributed by atoms with Crippen molar-refractivity contribution in [2.24, 2.45) is 7.05 Å². The van der Waals surface area contributed by atoms with Gasteiger partial charge in [-0.1, -0.05) is 28.1 Å². The minimum atomic E-state index is -0.630. The molecule has 0 amide bonds. The molecule has 0 fully saturated rings. The Morgan fingerprint density at radius 3 is 2.83 bits per heavy atom. The smallest absolute Gasteiger partial charge is 0.211 e. The Kier molecular flexibility index (Phi) is 4.04. The third-order valence-corrected chi connectivity index (χ3v) is 3.22. The molecule has 0 spiro atoms. The molecule has 0 saturated heterocycles. The quantitative estimate of drug-likeness (QED) is 0.943. The normalized spacial score (nSPS) is 12.4. The molecular formula is C13H15BrN2O2. The van der Waals surface area contributed by atoms with Gasteiger partial charge in [0.25, 0.3) is 0 Å². The number of aromatic nitrogens is 2. The number of aliphatic hydroxyl groups excluding tert-OH is 1. The van der Waals surface area contributed by atoms with Crippen LogP contribution in [-0.4, -0.2) is 22.0 Å². The molecule has 96 valence electrons. The maximum absolute atomic E-state index is 10.2. The minimum absolute atomic E-state index is 0.527. The zero-order valence-electron chi connectivity index (χ0n) is 10.3. The minimum Gasteiger partial charge on any atom is -0.481 e. The molecule has 0 aliphatic heterocycles.